The quantitative estimate of drug-likeness (QED) is 0.802. The van der Waals surface area contributed by atoms with E-state index in [9.17, 15) is 13.2 Å². The van der Waals surface area contributed by atoms with Gasteiger partial charge >= 0.3 is 0 Å². The van der Waals surface area contributed by atoms with Crippen molar-refractivity contribution in [1.82, 2.24) is 0 Å². The van der Waals surface area contributed by atoms with E-state index in [1.165, 1.54) is 24.3 Å². The van der Waals surface area contributed by atoms with Gasteiger partial charge in [-0.3, -0.25) is 0 Å². The van der Waals surface area contributed by atoms with Gasteiger partial charge in [-0.1, -0.05) is 18.2 Å². The molecule has 2 aromatic carbocycles. The lowest BCUT2D eigenvalue weighted by atomic mass is 10.2. The Bertz CT molecular complexity index is 565. The molecule has 94 valence electrons. The van der Waals surface area contributed by atoms with Crippen LogP contribution >= 0.6 is 0 Å². The van der Waals surface area contributed by atoms with E-state index in [0.717, 1.165) is 11.6 Å². The highest BCUT2D eigenvalue weighted by Crippen LogP contribution is 2.21. The molecule has 0 saturated carbocycles. The maximum atomic E-state index is 13.4. The van der Waals surface area contributed by atoms with Crippen LogP contribution in [0, 0.1) is 24.4 Å². The Morgan fingerprint density at radius 1 is 1.06 bits per heavy atom. The van der Waals surface area contributed by atoms with Gasteiger partial charge in [-0.15, -0.1) is 0 Å². The number of aryl methyl sites for hydroxylation is 1. The van der Waals surface area contributed by atoms with Crippen molar-refractivity contribution < 1.29 is 17.9 Å². The van der Waals surface area contributed by atoms with Crippen molar-refractivity contribution in [3.05, 3.63) is 65.0 Å². The third kappa shape index (κ3) is 2.64. The van der Waals surface area contributed by atoms with Crippen molar-refractivity contribution in [3.8, 4) is 5.75 Å². The van der Waals surface area contributed by atoms with Gasteiger partial charge in [0.15, 0.2) is 11.6 Å². The first-order valence-electron chi connectivity index (χ1n) is 5.40. The average Bonchev–Trinajstić information content (AvgIpc) is 2.35. The molecule has 0 fully saturated rings. The fourth-order valence-electron chi connectivity index (χ4n) is 1.54. The first-order chi connectivity index (χ1) is 8.58. The van der Waals surface area contributed by atoms with E-state index in [1.54, 1.807) is 13.0 Å². The van der Waals surface area contributed by atoms with Gasteiger partial charge in [0.25, 0.3) is 0 Å². The van der Waals surface area contributed by atoms with Crippen LogP contribution in [0.3, 0.4) is 0 Å². The largest absolute Gasteiger partial charge is 0.488 e. The second-order valence-corrected chi connectivity index (χ2v) is 3.91. The fourth-order valence-corrected chi connectivity index (χ4v) is 1.54. The molecular weight excluding hydrogens is 241 g/mol. The van der Waals surface area contributed by atoms with Crippen LogP contribution in [-0.4, -0.2) is 0 Å². The summed E-state index contributed by atoms with van der Waals surface area (Å²) >= 11 is 0. The maximum absolute atomic E-state index is 13.4. The van der Waals surface area contributed by atoms with Crippen LogP contribution in [0.25, 0.3) is 0 Å². The van der Waals surface area contributed by atoms with Gasteiger partial charge in [0.1, 0.15) is 18.2 Å². The summed E-state index contributed by atoms with van der Waals surface area (Å²) in [5.74, 6) is -1.98. The molecule has 0 aliphatic carbocycles. The van der Waals surface area contributed by atoms with Crippen LogP contribution in [-0.2, 0) is 6.61 Å². The highest BCUT2D eigenvalue weighted by Gasteiger charge is 2.09. The average molecular weight is 252 g/mol. The summed E-state index contributed by atoms with van der Waals surface area (Å²) in [6, 6.07) is 7.94. The molecule has 0 saturated heterocycles. The molecule has 0 N–H and O–H groups in total. The zero-order valence-corrected chi connectivity index (χ0v) is 9.71. The summed E-state index contributed by atoms with van der Waals surface area (Å²) in [6.45, 7) is 1.60. The lowest BCUT2D eigenvalue weighted by molar-refractivity contribution is 0.293. The van der Waals surface area contributed by atoms with E-state index < -0.39 is 17.5 Å². The van der Waals surface area contributed by atoms with Gasteiger partial charge < -0.3 is 4.74 Å². The monoisotopic (exact) mass is 252 g/mol. The van der Waals surface area contributed by atoms with Gasteiger partial charge in [-0.25, -0.2) is 13.2 Å². The molecule has 0 aliphatic heterocycles. The molecule has 0 aromatic heterocycles. The van der Waals surface area contributed by atoms with Gasteiger partial charge in [0.2, 0.25) is 0 Å². The first-order valence-corrected chi connectivity index (χ1v) is 5.40. The Kier molecular flexibility index (Phi) is 3.55. The molecule has 0 amide bonds. The minimum atomic E-state index is -0.938. The summed E-state index contributed by atoms with van der Waals surface area (Å²) < 4.78 is 44.6. The number of ether oxygens (including phenoxy) is 1. The van der Waals surface area contributed by atoms with Crippen molar-refractivity contribution in [2.45, 2.75) is 13.5 Å². The zero-order valence-electron chi connectivity index (χ0n) is 9.71. The molecule has 0 unspecified atom stereocenters. The van der Waals surface area contributed by atoms with Crippen molar-refractivity contribution in [3.63, 3.8) is 0 Å². The van der Waals surface area contributed by atoms with Gasteiger partial charge in [0, 0.05) is 11.6 Å². The zero-order chi connectivity index (χ0) is 13.1. The van der Waals surface area contributed by atoms with Crippen LogP contribution in [0.1, 0.15) is 11.1 Å². The summed E-state index contributed by atoms with van der Waals surface area (Å²) in [7, 11) is 0. The second kappa shape index (κ2) is 5.12. The lowest BCUT2D eigenvalue weighted by Crippen LogP contribution is -2.01. The Labute approximate surface area is 103 Å². The highest BCUT2D eigenvalue weighted by atomic mass is 19.2. The van der Waals surface area contributed by atoms with Crippen molar-refractivity contribution in [2.75, 3.05) is 0 Å². The van der Waals surface area contributed by atoms with Crippen LogP contribution < -0.4 is 4.74 Å². The molecule has 0 spiro atoms. The molecular formula is C14H11F3O. The SMILES string of the molecule is Cc1ccc(F)cc1OCc1cccc(F)c1F. The van der Waals surface area contributed by atoms with Gasteiger partial charge in [-0.2, -0.15) is 0 Å². The van der Waals surface area contributed by atoms with Crippen LogP contribution in [0.5, 0.6) is 5.75 Å². The summed E-state index contributed by atoms with van der Waals surface area (Å²) in [5, 5.41) is 0. The molecule has 0 heterocycles. The minimum absolute atomic E-state index is 0.0960. The Hall–Kier alpha value is -1.97. The molecule has 2 rings (SSSR count). The van der Waals surface area contributed by atoms with Crippen LogP contribution in [0.4, 0.5) is 13.2 Å². The maximum Gasteiger partial charge on any atom is 0.165 e. The van der Waals surface area contributed by atoms with Crippen molar-refractivity contribution in [2.24, 2.45) is 0 Å². The number of hydrogen-bond donors (Lipinski definition) is 0. The number of rotatable bonds is 3. The predicted octanol–water partition coefficient (Wildman–Crippen LogP) is 3.99. The van der Waals surface area contributed by atoms with Gasteiger partial charge in [0.05, 0.1) is 0 Å². The number of hydrogen-bond acceptors (Lipinski definition) is 1. The predicted molar refractivity (Wildman–Crippen MR) is 61.8 cm³/mol. The first kappa shape index (κ1) is 12.5. The lowest BCUT2D eigenvalue weighted by Gasteiger charge is -2.10. The fraction of sp³-hybridized carbons (Fsp3) is 0.143. The molecule has 0 radical (unpaired) electrons. The number of benzene rings is 2. The Morgan fingerprint density at radius 3 is 2.61 bits per heavy atom. The number of halogens is 3. The van der Waals surface area contributed by atoms with E-state index in [-0.39, 0.29) is 12.2 Å². The van der Waals surface area contributed by atoms with E-state index in [0.29, 0.717) is 5.75 Å². The smallest absolute Gasteiger partial charge is 0.165 e. The Balaban J connectivity index is 2.16. The molecule has 1 nitrogen and oxygen atoms in total. The summed E-state index contributed by atoms with van der Waals surface area (Å²) in [6.07, 6.45) is 0. The molecule has 0 atom stereocenters. The molecule has 0 aliphatic rings. The third-order valence-electron chi connectivity index (χ3n) is 2.56. The topological polar surface area (TPSA) is 9.23 Å². The van der Waals surface area contributed by atoms with E-state index in [1.807, 2.05) is 0 Å². The van der Waals surface area contributed by atoms with E-state index >= 15 is 0 Å². The highest BCUT2D eigenvalue weighted by molar-refractivity contribution is 5.33. The molecule has 18 heavy (non-hydrogen) atoms. The minimum Gasteiger partial charge on any atom is -0.488 e. The molecule has 4 heteroatoms. The van der Waals surface area contributed by atoms with Crippen molar-refractivity contribution >= 4 is 0 Å². The second-order valence-electron chi connectivity index (χ2n) is 3.91. The van der Waals surface area contributed by atoms with Gasteiger partial charge in [-0.05, 0) is 24.6 Å². The Morgan fingerprint density at radius 2 is 1.83 bits per heavy atom. The van der Waals surface area contributed by atoms with Crippen LogP contribution in [0.2, 0.25) is 0 Å². The summed E-state index contributed by atoms with van der Waals surface area (Å²) in [5.41, 5.74) is 0.826. The molecule has 0 bridgehead atoms. The van der Waals surface area contributed by atoms with E-state index in [2.05, 4.69) is 0 Å². The van der Waals surface area contributed by atoms with E-state index in [4.69, 9.17) is 4.74 Å². The van der Waals surface area contributed by atoms with Crippen molar-refractivity contribution in [1.29, 1.82) is 0 Å². The van der Waals surface area contributed by atoms with Crippen LogP contribution in [0.15, 0.2) is 36.4 Å². The summed E-state index contributed by atoms with van der Waals surface area (Å²) in [4.78, 5) is 0. The molecule has 2 aromatic rings. The third-order valence-corrected chi connectivity index (χ3v) is 2.56. The normalized spacial score (nSPS) is 10.4. The standard InChI is InChI=1S/C14H11F3O/c1-9-5-6-11(15)7-13(9)18-8-10-3-2-4-12(16)14(10)17/h2-7H,8H2,1H3.